The average molecular weight is 261 g/mol. The zero-order chi connectivity index (χ0) is 11.8. The van der Waals surface area contributed by atoms with E-state index in [1.54, 1.807) is 0 Å². The van der Waals surface area contributed by atoms with Gasteiger partial charge in [-0.15, -0.1) is 0 Å². The van der Waals surface area contributed by atoms with Crippen molar-refractivity contribution in [3.63, 3.8) is 0 Å². The summed E-state index contributed by atoms with van der Waals surface area (Å²) >= 11 is 4.33. The summed E-state index contributed by atoms with van der Waals surface area (Å²) in [6.45, 7) is 8.17. The Morgan fingerprint density at radius 2 is 2.06 bits per heavy atom. The van der Waals surface area contributed by atoms with E-state index in [0.29, 0.717) is 0 Å². The molecule has 0 aromatic rings. The van der Waals surface area contributed by atoms with E-state index >= 15 is 0 Å². The predicted octanol–water partition coefficient (Wildman–Crippen LogP) is 3.64. The van der Waals surface area contributed by atoms with Crippen LogP contribution in [0.5, 0.6) is 0 Å². The van der Waals surface area contributed by atoms with Crippen molar-refractivity contribution in [3.05, 3.63) is 0 Å². The molecule has 1 rings (SSSR count). The second-order valence-electron chi connectivity index (χ2n) is 4.73. The molecule has 1 fully saturated rings. The van der Waals surface area contributed by atoms with Crippen LogP contribution in [-0.4, -0.2) is 35.1 Å². The fraction of sp³-hybridized carbons (Fsp3) is 1.00. The zero-order valence-electron chi connectivity index (χ0n) is 11.0. The fourth-order valence-corrected chi connectivity index (χ4v) is 5.37. The van der Waals surface area contributed by atoms with Crippen LogP contribution >= 0.6 is 23.5 Å². The highest BCUT2D eigenvalue weighted by Crippen LogP contribution is 2.30. The van der Waals surface area contributed by atoms with E-state index in [4.69, 9.17) is 0 Å². The highest BCUT2D eigenvalue weighted by atomic mass is 32.2. The Morgan fingerprint density at radius 1 is 1.25 bits per heavy atom. The average Bonchev–Trinajstić information content (AvgIpc) is 2.31. The Morgan fingerprint density at radius 3 is 2.62 bits per heavy atom. The third kappa shape index (κ3) is 4.89. The number of hydrogen-bond donors (Lipinski definition) is 1. The maximum absolute atomic E-state index is 3.79. The molecule has 0 amide bonds. The smallest absolute Gasteiger partial charge is 0.0294 e. The molecule has 1 nitrogen and oxygen atoms in total. The van der Waals surface area contributed by atoms with E-state index in [1.165, 1.54) is 43.1 Å². The molecule has 3 atom stereocenters. The second-order valence-corrected chi connectivity index (χ2v) is 7.23. The van der Waals surface area contributed by atoms with Crippen LogP contribution in [0, 0.1) is 5.92 Å². The van der Waals surface area contributed by atoms with Crippen LogP contribution in [-0.2, 0) is 0 Å². The highest BCUT2D eigenvalue weighted by molar-refractivity contribution is 8.06. The first kappa shape index (κ1) is 14.7. The van der Waals surface area contributed by atoms with Gasteiger partial charge in [0.05, 0.1) is 0 Å². The van der Waals surface area contributed by atoms with E-state index in [2.05, 4.69) is 49.6 Å². The van der Waals surface area contributed by atoms with Crippen LogP contribution in [0.3, 0.4) is 0 Å². The van der Waals surface area contributed by atoms with Gasteiger partial charge >= 0.3 is 0 Å². The van der Waals surface area contributed by atoms with Gasteiger partial charge in [-0.3, -0.25) is 0 Å². The van der Waals surface area contributed by atoms with Gasteiger partial charge in [0, 0.05) is 28.6 Å². The first-order valence-electron chi connectivity index (χ1n) is 6.72. The first-order chi connectivity index (χ1) is 7.79. The lowest BCUT2D eigenvalue weighted by atomic mass is 9.94. The summed E-state index contributed by atoms with van der Waals surface area (Å²) in [6.07, 6.45) is 3.93. The summed E-state index contributed by atoms with van der Waals surface area (Å²) < 4.78 is 0. The molecule has 1 heterocycles. The predicted molar refractivity (Wildman–Crippen MR) is 79.7 cm³/mol. The quantitative estimate of drug-likeness (QED) is 0.751. The van der Waals surface area contributed by atoms with Crippen LogP contribution in [0.25, 0.3) is 0 Å². The normalized spacial score (nSPS) is 25.3. The lowest BCUT2D eigenvalue weighted by molar-refractivity contribution is 0.354. The van der Waals surface area contributed by atoms with Crippen molar-refractivity contribution >= 4 is 23.5 Å². The Bertz CT molecular complexity index is 169. The summed E-state index contributed by atoms with van der Waals surface area (Å²) in [5.74, 6) is 4.87. The SMILES string of the molecule is CCCNC(C(C)CCC)C1CSCCS1. The third-order valence-electron chi connectivity index (χ3n) is 3.23. The van der Waals surface area contributed by atoms with Crippen molar-refractivity contribution in [1.82, 2.24) is 5.32 Å². The number of hydrogen-bond acceptors (Lipinski definition) is 3. The Labute approximate surface area is 110 Å². The first-order valence-corrected chi connectivity index (χ1v) is 8.92. The molecule has 0 aromatic heterocycles. The molecule has 3 unspecified atom stereocenters. The standard InChI is InChI=1S/C13H27NS2/c1-4-6-11(3)13(14-7-5-2)12-10-15-8-9-16-12/h11-14H,4-10H2,1-3H3. The lowest BCUT2D eigenvalue weighted by Gasteiger charge is -2.34. The Hall–Kier alpha value is 0.660. The van der Waals surface area contributed by atoms with Crippen LogP contribution in [0.15, 0.2) is 0 Å². The van der Waals surface area contributed by atoms with Gasteiger partial charge in [0.15, 0.2) is 0 Å². The van der Waals surface area contributed by atoms with Crippen LogP contribution in [0.4, 0.5) is 0 Å². The summed E-state index contributed by atoms with van der Waals surface area (Å²) in [5, 5.41) is 4.63. The fourth-order valence-electron chi connectivity index (χ4n) is 2.36. The summed E-state index contributed by atoms with van der Waals surface area (Å²) in [5.41, 5.74) is 0. The lowest BCUT2D eigenvalue weighted by Crippen LogP contribution is -2.45. The molecule has 0 saturated carbocycles. The maximum Gasteiger partial charge on any atom is 0.0294 e. The van der Waals surface area contributed by atoms with Crippen LogP contribution < -0.4 is 5.32 Å². The highest BCUT2D eigenvalue weighted by Gasteiger charge is 2.27. The van der Waals surface area contributed by atoms with Crippen molar-refractivity contribution < 1.29 is 0 Å². The molecule has 3 heteroatoms. The molecule has 1 aliphatic rings. The zero-order valence-corrected chi connectivity index (χ0v) is 12.6. The minimum Gasteiger partial charge on any atom is -0.313 e. The molecule has 0 aliphatic carbocycles. The molecule has 1 aliphatic heterocycles. The van der Waals surface area contributed by atoms with E-state index in [1.807, 2.05) is 0 Å². The molecule has 0 bridgehead atoms. The van der Waals surface area contributed by atoms with Crippen molar-refractivity contribution in [2.45, 2.75) is 51.3 Å². The monoisotopic (exact) mass is 261 g/mol. The maximum atomic E-state index is 3.79. The van der Waals surface area contributed by atoms with Gasteiger partial charge in [-0.1, -0.05) is 27.2 Å². The van der Waals surface area contributed by atoms with Gasteiger partial charge in [0.25, 0.3) is 0 Å². The van der Waals surface area contributed by atoms with Gasteiger partial charge < -0.3 is 5.32 Å². The molecule has 16 heavy (non-hydrogen) atoms. The minimum absolute atomic E-state index is 0.734. The van der Waals surface area contributed by atoms with E-state index in [0.717, 1.165) is 17.2 Å². The van der Waals surface area contributed by atoms with Crippen LogP contribution in [0.1, 0.15) is 40.0 Å². The van der Waals surface area contributed by atoms with E-state index in [9.17, 15) is 0 Å². The molecule has 0 radical (unpaired) electrons. The molecular weight excluding hydrogens is 234 g/mol. The van der Waals surface area contributed by atoms with Gasteiger partial charge in [-0.05, 0) is 25.3 Å². The van der Waals surface area contributed by atoms with Gasteiger partial charge in [0.2, 0.25) is 0 Å². The van der Waals surface area contributed by atoms with Gasteiger partial charge in [-0.25, -0.2) is 0 Å². The number of rotatable bonds is 7. The third-order valence-corrected chi connectivity index (χ3v) is 6.11. The summed E-state index contributed by atoms with van der Waals surface area (Å²) in [6, 6.07) is 0.734. The largest absolute Gasteiger partial charge is 0.313 e. The minimum atomic E-state index is 0.734. The van der Waals surface area contributed by atoms with Crippen molar-refractivity contribution in [2.24, 2.45) is 5.92 Å². The molecule has 96 valence electrons. The van der Waals surface area contributed by atoms with Gasteiger partial charge in [0.1, 0.15) is 0 Å². The molecule has 1 N–H and O–H groups in total. The number of nitrogens with one attached hydrogen (secondary N) is 1. The molecule has 0 spiro atoms. The van der Waals surface area contributed by atoms with Crippen molar-refractivity contribution in [1.29, 1.82) is 0 Å². The summed E-state index contributed by atoms with van der Waals surface area (Å²) in [4.78, 5) is 0. The van der Waals surface area contributed by atoms with Crippen molar-refractivity contribution in [3.8, 4) is 0 Å². The van der Waals surface area contributed by atoms with Crippen LogP contribution in [0.2, 0.25) is 0 Å². The van der Waals surface area contributed by atoms with E-state index in [-0.39, 0.29) is 0 Å². The molecular formula is C13H27NS2. The molecule has 1 saturated heterocycles. The topological polar surface area (TPSA) is 12.0 Å². The van der Waals surface area contributed by atoms with E-state index < -0.39 is 0 Å². The number of thioether (sulfide) groups is 2. The Kier molecular flexibility index (Phi) is 8.01. The van der Waals surface area contributed by atoms with Gasteiger partial charge in [-0.2, -0.15) is 23.5 Å². The second kappa shape index (κ2) is 8.71. The molecule has 0 aromatic carbocycles. The van der Waals surface area contributed by atoms with Crippen molar-refractivity contribution in [2.75, 3.05) is 23.8 Å². The summed E-state index contributed by atoms with van der Waals surface area (Å²) in [7, 11) is 0. The Balaban J connectivity index is 2.46.